The molecule has 5 aliphatic carbocycles. The molecule has 0 aromatic rings. The molecule has 0 heterocycles. The van der Waals surface area contributed by atoms with Gasteiger partial charge in [0.05, 0.1) is 12.5 Å². The van der Waals surface area contributed by atoms with E-state index >= 15 is 0 Å². The van der Waals surface area contributed by atoms with Gasteiger partial charge in [0.25, 0.3) is 0 Å². The van der Waals surface area contributed by atoms with Crippen LogP contribution >= 0.6 is 0 Å². The van der Waals surface area contributed by atoms with Crippen LogP contribution in [0.5, 0.6) is 0 Å². The third-order valence-corrected chi connectivity index (χ3v) is 20.2. The number of carboxylic acids is 1. The van der Waals surface area contributed by atoms with E-state index in [4.69, 9.17) is 4.43 Å². The Hall–Kier alpha value is -0.613. The summed E-state index contributed by atoms with van der Waals surface area (Å²) in [6, 6.07) is 0. The van der Waals surface area contributed by atoms with Crippen molar-refractivity contribution in [2.24, 2.45) is 50.2 Å². The van der Waals surface area contributed by atoms with E-state index in [9.17, 15) is 9.90 Å². The third kappa shape index (κ3) is 4.60. The fourth-order valence-electron chi connectivity index (χ4n) is 11.7. The summed E-state index contributed by atoms with van der Waals surface area (Å²) in [4.78, 5) is 11.8. The van der Waals surface area contributed by atoms with Crippen LogP contribution in [0.2, 0.25) is 18.1 Å². The molecule has 0 amide bonds. The monoisotopic (exact) mass is 584 g/mol. The van der Waals surface area contributed by atoms with E-state index in [2.05, 4.69) is 88.4 Å². The Morgan fingerprint density at radius 1 is 0.927 bits per heavy atom. The number of hydrogen-bond acceptors (Lipinski definition) is 2. The molecule has 1 unspecified atom stereocenters. The third-order valence-electron chi connectivity index (χ3n) is 15.7. The number of rotatable bonds is 4. The van der Waals surface area contributed by atoms with Crippen molar-refractivity contribution >= 4 is 14.3 Å². The van der Waals surface area contributed by atoms with E-state index in [1.54, 1.807) is 5.57 Å². The van der Waals surface area contributed by atoms with Crippen molar-refractivity contribution in [1.82, 2.24) is 0 Å². The Kier molecular flexibility index (Phi) is 7.33. The molecule has 0 bridgehead atoms. The highest BCUT2D eigenvalue weighted by molar-refractivity contribution is 6.74. The molecule has 0 spiro atoms. The van der Waals surface area contributed by atoms with Gasteiger partial charge in [-0.05, 0) is 133 Å². The first-order valence-electron chi connectivity index (χ1n) is 17.2. The molecule has 1 N–H and O–H groups in total. The molecule has 234 valence electrons. The average Bonchev–Trinajstić information content (AvgIpc) is 2.81. The number of hydrogen-bond donors (Lipinski definition) is 1. The van der Waals surface area contributed by atoms with Gasteiger partial charge in [-0.25, -0.2) is 0 Å². The van der Waals surface area contributed by atoms with Crippen LogP contribution in [0.1, 0.15) is 140 Å². The van der Waals surface area contributed by atoms with E-state index in [1.165, 1.54) is 51.4 Å². The van der Waals surface area contributed by atoms with E-state index in [0.717, 1.165) is 12.8 Å². The molecule has 4 saturated carbocycles. The van der Waals surface area contributed by atoms with Gasteiger partial charge in [0.15, 0.2) is 8.32 Å². The standard InChI is InChI=1S/C37H64O3Si/c1-31(2,3)41(11,12)40-29-16-17-35(8)27(32(29,4)5)15-18-37(10)28(35)14-13-25-26-23-33(6,24-30(38)39)19-20-34(26,7)21-22-36(25,37)9/h13,26-29H,14-24H2,1-12H3,(H,38,39)/t26-,27-,28?,29-,33-,34+,35-,36+,37+/m0/s1. The van der Waals surface area contributed by atoms with Crippen LogP contribution in [-0.2, 0) is 9.22 Å². The molecule has 5 aliphatic rings. The van der Waals surface area contributed by atoms with Crippen molar-refractivity contribution < 1.29 is 14.3 Å². The zero-order valence-electron chi connectivity index (χ0n) is 28.9. The van der Waals surface area contributed by atoms with Crippen LogP contribution in [0, 0.1) is 50.2 Å². The Morgan fingerprint density at radius 2 is 1.56 bits per heavy atom. The number of carboxylic acid groups (broad SMARTS) is 1. The fourth-order valence-corrected chi connectivity index (χ4v) is 13.2. The van der Waals surface area contributed by atoms with Gasteiger partial charge in [-0.1, -0.05) is 80.9 Å². The number of carbonyl (C=O) groups is 1. The molecular weight excluding hydrogens is 520 g/mol. The van der Waals surface area contributed by atoms with Crippen LogP contribution in [0.3, 0.4) is 0 Å². The second kappa shape index (κ2) is 9.45. The molecule has 0 radical (unpaired) electrons. The maximum Gasteiger partial charge on any atom is 0.303 e. The molecule has 9 atom stereocenters. The molecular formula is C37H64O3Si. The zero-order valence-corrected chi connectivity index (χ0v) is 29.9. The molecule has 0 aromatic heterocycles. The predicted octanol–water partition coefficient (Wildman–Crippen LogP) is 10.7. The van der Waals surface area contributed by atoms with Crippen molar-refractivity contribution in [2.75, 3.05) is 0 Å². The average molecular weight is 585 g/mol. The first kappa shape index (κ1) is 31.8. The minimum absolute atomic E-state index is 0.0803. The highest BCUT2D eigenvalue weighted by Crippen LogP contribution is 2.76. The Balaban J connectivity index is 1.47. The van der Waals surface area contributed by atoms with Crippen molar-refractivity contribution in [1.29, 1.82) is 0 Å². The minimum atomic E-state index is -1.84. The second-order valence-corrected chi connectivity index (χ2v) is 24.1. The van der Waals surface area contributed by atoms with Crippen molar-refractivity contribution in [3.05, 3.63) is 11.6 Å². The van der Waals surface area contributed by atoms with E-state index < -0.39 is 14.3 Å². The van der Waals surface area contributed by atoms with Gasteiger partial charge in [0.2, 0.25) is 0 Å². The smallest absolute Gasteiger partial charge is 0.303 e. The lowest BCUT2D eigenvalue weighted by atomic mass is 9.33. The molecule has 0 saturated heterocycles. The van der Waals surface area contributed by atoms with Crippen molar-refractivity contribution in [3.8, 4) is 0 Å². The SMILES string of the molecule is CC1(C)[C@@H](O[Si](C)(C)C(C)(C)C)CC[C@]2(C)C3CC=C4[C@@H]5C[C@@](C)(CC(=O)O)CC[C@]5(C)CC[C@@]4(C)[C@]3(C)CC[C@@H]12. The molecule has 4 fully saturated rings. The van der Waals surface area contributed by atoms with Crippen LogP contribution in [0.4, 0.5) is 0 Å². The van der Waals surface area contributed by atoms with Gasteiger partial charge in [-0.15, -0.1) is 0 Å². The largest absolute Gasteiger partial charge is 0.481 e. The summed E-state index contributed by atoms with van der Waals surface area (Å²) in [7, 11) is -1.84. The van der Waals surface area contributed by atoms with Gasteiger partial charge >= 0.3 is 5.97 Å². The van der Waals surface area contributed by atoms with E-state index in [-0.39, 0.29) is 21.3 Å². The summed E-state index contributed by atoms with van der Waals surface area (Å²) < 4.78 is 7.22. The number of fused-ring (bicyclic) bond motifs is 7. The van der Waals surface area contributed by atoms with Crippen LogP contribution in [0.25, 0.3) is 0 Å². The van der Waals surface area contributed by atoms with E-state index in [1.807, 2.05) is 0 Å². The zero-order chi connectivity index (χ0) is 30.7. The van der Waals surface area contributed by atoms with Gasteiger partial charge < -0.3 is 9.53 Å². The van der Waals surface area contributed by atoms with Crippen molar-refractivity contribution in [3.63, 3.8) is 0 Å². The van der Waals surface area contributed by atoms with Gasteiger partial charge in [-0.3, -0.25) is 4.79 Å². The lowest BCUT2D eigenvalue weighted by molar-refractivity contribution is -0.200. The summed E-state index contributed by atoms with van der Waals surface area (Å²) in [6.07, 6.45) is 15.6. The molecule has 3 nitrogen and oxygen atoms in total. The summed E-state index contributed by atoms with van der Waals surface area (Å²) in [5, 5.41) is 9.99. The molecule has 41 heavy (non-hydrogen) atoms. The van der Waals surface area contributed by atoms with Gasteiger partial charge in [0.1, 0.15) is 0 Å². The number of aliphatic carboxylic acids is 1. The topological polar surface area (TPSA) is 46.5 Å². The van der Waals surface area contributed by atoms with Crippen molar-refractivity contribution in [2.45, 2.75) is 164 Å². The molecule has 0 aliphatic heterocycles. The lowest BCUT2D eigenvalue weighted by Crippen LogP contribution is -2.65. The molecule has 5 rings (SSSR count). The lowest BCUT2D eigenvalue weighted by Gasteiger charge is -2.71. The first-order valence-corrected chi connectivity index (χ1v) is 20.1. The first-order chi connectivity index (χ1) is 18.5. The Morgan fingerprint density at radius 3 is 2.17 bits per heavy atom. The maximum absolute atomic E-state index is 11.8. The van der Waals surface area contributed by atoms with Gasteiger partial charge in [0, 0.05) is 0 Å². The fraction of sp³-hybridized carbons (Fsp3) is 0.919. The summed E-state index contributed by atoms with van der Waals surface area (Å²) in [5.41, 5.74) is 3.01. The van der Waals surface area contributed by atoms with Crippen LogP contribution < -0.4 is 0 Å². The normalized spacial score (nSPS) is 47.8. The van der Waals surface area contributed by atoms with E-state index in [0.29, 0.717) is 46.5 Å². The Bertz CT molecular complexity index is 1100. The highest BCUT2D eigenvalue weighted by atomic mass is 28.4. The molecule has 4 heteroatoms. The maximum atomic E-state index is 11.8. The Labute approximate surface area is 254 Å². The predicted molar refractivity (Wildman–Crippen MR) is 173 cm³/mol. The van der Waals surface area contributed by atoms with Crippen LogP contribution in [-0.4, -0.2) is 25.5 Å². The van der Waals surface area contributed by atoms with Gasteiger partial charge in [-0.2, -0.15) is 0 Å². The summed E-state index contributed by atoms with van der Waals surface area (Å²) in [6.45, 7) is 29.9. The summed E-state index contributed by atoms with van der Waals surface area (Å²) >= 11 is 0. The molecule has 0 aromatic carbocycles. The van der Waals surface area contributed by atoms with Crippen LogP contribution in [0.15, 0.2) is 11.6 Å². The summed E-state index contributed by atoms with van der Waals surface area (Å²) in [5.74, 6) is 1.31. The second-order valence-electron chi connectivity index (χ2n) is 19.3. The highest BCUT2D eigenvalue weighted by Gasteiger charge is 2.68. The minimum Gasteiger partial charge on any atom is -0.481 e. The number of allylic oxidation sites excluding steroid dienone is 2. The quantitative estimate of drug-likeness (QED) is 0.264.